The van der Waals surface area contributed by atoms with Crippen molar-refractivity contribution in [3.63, 3.8) is 0 Å². The molecular formula is C23H26N4O3. The number of carbonyl (C=O) groups excluding carboxylic acids is 1. The normalized spacial score (nSPS) is 13.9. The lowest BCUT2D eigenvalue weighted by atomic mass is 10.2. The summed E-state index contributed by atoms with van der Waals surface area (Å²) in [5.74, 6) is 1.25. The number of anilines is 1. The molecule has 0 N–H and O–H groups in total. The highest BCUT2D eigenvalue weighted by Crippen LogP contribution is 2.29. The van der Waals surface area contributed by atoms with Crippen LogP contribution in [0.2, 0.25) is 0 Å². The Kier molecular flexibility index (Phi) is 5.88. The quantitative estimate of drug-likeness (QED) is 0.629. The Morgan fingerprint density at radius 2 is 1.67 bits per heavy atom. The second-order valence-corrected chi connectivity index (χ2v) is 7.01. The highest BCUT2D eigenvalue weighted by Gasteiger charge is 2.28. The highest BCUT2D eigenvalue weighted by molar-refractivity contribution is 5.95. The van der Waals surface area contributed by atoms with E-state index in [-0.39, 0.29) is 5.91 Å². The van der Waals surface area contributed by atoms with E-state index in [4.69, 9.17) is 9.47 Å². The van der Waals surface area contributed by atoms with Gasteiger partial charge in [0.1, 0.15) is 5.75 Å². The van der Waals surface area contributed by atoms with Crippen LogP contribution >= 0.6 is 0 Å². The maximum atomic E-state index is 13.2. The molecule has 1 saturated heterocycles. The number of rotatable bonds is 6. The van der Waals surface area contributed by atoms with E-state index in [2.05, 4.69) is 16.1 Å². The molecular weight excluding hydrogens is 380 g/mol. The first-order chi connectivity index (χ1) is 14.7. The Labute approximate surface area is 176 Å². The number of amides is 1. The van der Waals surface area contributed by atoms with Crippen molar-refractivity contribution < 1.29 is 14.3 Å². The second-order valence-electron chi connectivity index (χ2n) is 7.01. The topological polar surface area (TPSA) is 59.8 Å². The van der Waals surface area contributed by atoms with Crippen molar-refractivity contribution >= 4 is 11.6 Å². The average Bonchev–Trinajstić information content (AvgIpc) is 3.24. The van der Waals surface area contributed by atoms with Gasteiger partial charge in [-0.2, -0.15) is 5.10 Å². The lowest BCUT2D eigenvalue weighted by molar-refractivity contribution is 0.0737. The number of benzene rings is 2. The van der Waals surface area contributed by atoms with Gasteiger partial charge in [0.2, 0.25) is 0 Å². The first kappa shape index (κ1) is 19.8. The molecule has 0 spiro atoms. The number of aromatic nitrogens is 2. The number of hydrogen-bond donors (Lipinski definition) is 0. The minimum Gasteiger partial charge on any atom is -0.493 e. The molecule has 4 rings (SSSR count). The average molecular weight is 406 g/mol. The van der Waals surface area contributed by atoms with Gasteiger partial charge in [0.25, 0.3) is 5.91 Å². The lowest BCUT2D eigenvalue weighted by Gasteiger charge is -2.36. The van der Waals surface area contributed by atoms with Crippen LogP contribution in [-0.4, -0.2) is 60.5 Å². The summed E-state index contributed by atoms with van der Waals surface area (Å²) < 4.78 is 12.9. The molecule has 1 amide bonds. The van der Waals surface area contributed by atoms with E-state index in [0.717, 1.165) is 30.2 Å². The summed E-state index contributed by atoms with van der Waals surface area (Å²) in [6.45, 7) is 5.30. The summed E-state index contributed by atoms with van der Waals surface area (Å²) in [7, 11) is 1.56. The van der Waals surface area contributed by atoms with Gasteiger partial charge in [-0.25, -0.2) is 4.68 Å². The van der Waals surface area contributed by atoms with Crippen LogP contribution in [0.3, 0.4) is 0 Å². The molecule has 1 fully saturated rings. The van der Waals surface area contributed by atoms with Gasteiger partial charge in [-0.3, -0.25) is 4.79 Å². The Morgan fingerprint density at radius 3 is 2.37 bits per heavy atom. The molecule has 0 radical (unpaired) electrons. The molecule has 7 nitrogen and oxygen atoms in total. The van der Waals surface area contributed by atoms with E-state index in [9.17, 15) is 4.79 Å². The van der Waals surface area contributed by atoms with Crippen molar-refractivity contribution in [1.29, 1.82) is 0 Å². The Balaban J connectivity index is 1.48. The zero-order chi connectivity index (χ0) is 20.9. The summed E-state index contributed by atoms with van der Waals surface area (Å²) >= 11 is 0. The van der Waals surface area contributed by atoms with Gasteiger partial charge in [-0.1, -0.05) is 30.3 Å². The molecule has 1 aliphatic heterocycles. The van der Waals surface area contributed by atoms with Gasteiger partial charge in [0.15, 0.2) is 11.4 Å². The largest absolute Gasteiger partial charge is 0.493 e. The third-order valence-electron chi connectivity index (χ3n) is 5.20. The summed E-state index contributed by atoms with van der Waals surface area (Å²) in [5, 5.41) is 4.51. The van der Waals surface area contributed by atoms with Gasteiger partial charge in [0, 0.05) is 26.2 Å². The maximum Gasteiger partial charge on any atom is 0.278 e. The van der Waals surface area contributed by atoms with Crippen LogP contribution in [0.5, 0.6) is 11.5 Å². The molecule has 1 aromatic heterocycles. The zero-order valence-electron chi connectivity index (χ0n) is 17.3. The number of ether oxygens (including phenoxy) is 2. The summed E-state index contributed by atoms with van der Waals surface area (Å²) in [4.78, 5) is 17.3. The minimum absolute atomic E-state index is 0.112. The van der Waals surface area contributed by atoms with E-state index >= 15 is 0 Å². The molecule has 0 aliphatic carbocycles. The molecule has 30 heavy (non-hydrogen) atoms. The minimum atomic E-state index is -0.112. The third kappa shape index (κ3) is 3.96. The number of para-hydroxylation sites is 3. The third-order valence-corrected chi connectivity index (χ3v) is 5.20. The molecule has 2 aromatic carbocycles. The van der Waals surface area contributed by atoms with Crippen LogP contribution in [0.25, 0.3) is 5.69 Å². The smallest absolute Gasteiger partial charge is 0.278 e. The molecule has 0 atom stereocenters. The molecule has 7 heteroatoms. The van der Waals surface area contributed by atoms with Crippen molar-refractivity contribution in [1.82, 2.24) is 14.7 Å². The predicted molar refractivity (Wildman–Crippen MR) is 116 cm³/mol. The van der Waals surface area contributed by atoms with Crippen LogP contribution in [-0.2, 0) is 0 Å². The van der Waals surface area contributed by atoms with Crippen LogP contribution in [0.1, 0.15) is 17.4 Å². The Bertz CT molecular complexity index is 995. The molecule has 3 aromatic rings. The van der Waals surface area contributed by atoms with Crippen LogP contribution in [0.15, 0.2) is 60.8 Å². The first-order valence-corrected chi connectivity index (χ1v) is 10.2. The first-order valence-electron chi connectivity index (χ1n) is 10.2. The Morgan fingerprint density at radius 1 is 0.967 bits per heavy atom. The van der Waals surface area contributed by atoms with E-state index in [1.807, 2.05) is 60.4 Å². The van der Waals surface area contributed by atoms with Gasteiger partial charge in [0.05, 0.1) is 31.3 Å². The zero-order valence-corrected chi connectivity index (χ0v) is 17.3. The number of piperazine rings is 1. The van der Waals surface area contributed by atoms with Gasteiger partial charge in [-0.15, -0.1) is 0 Å². The maximum absolute atomic E-state index is 13.2. The fraction of sp³-hybridized carbons (Fsp3) is 0.304. The van der Waals surface area contributed by atoms with Crippen LogP contribution in [0, 0.1) is 0 Å². The molecule has 2 heterocycles. The molecule has 156 valence electrons. The van der Waals surface area contributed by atoms with E-state index < -0.39 is 0 Å². The summed E-state index contributed by atoms with van der Waals surface area (Å²) in [6, 6.07) is 17.7. The fourth-order valence-corrected chi connectivity index (χ4v) is 3.66. The van der Waals surface area contributed by atoms with Crippen molar-refractivity contribution in [2.75, 3.05) is 44.8 Å². The van der Waals surface area contributed by atoms with Crippen molar-refractivity contribution in [3.8, 4) is 17.2 Å². The van der Waals surface area contributed by atoms with E-state index in [1.165, 1.54) is 0 Å². The van der Waals surface area contributed by atoms with Gasteiger partial charge in [-0.05, 0) is 31.2 Å². The van der Waals surface area contributed by atoms with Gasteiger partial charge >= 0.3 is 0 Å². The second kappa shape index (κ2) is 8.90. The fourth-order valence-electron chi connectivity index (χ4n) is 3.66. The molecule has 0 bridgehead atoms. The summed E-state index contributed by atoms with van der Waals surface area (Å²) in [5.41, 5.74) is 2.29. The standard InChI is InChI=1S/C23H26N4O3/c1-3-30-20-12-8-7-11-19(20)25-13-15-26(16-14-25)23(28)22-21(29-2)17-27(24-22)18-9-5-4-6-10-18/h4-12,17H,3,13-16H2,1-2H3. The van der Waals surface area contributed by atoms with E-state index in [0.29, 0.717) is 31.1 Å². The predicted octanol–water partition coefficient (Wildman–Crippen LogP) is 3.24. The number of hydrogen-bond acceptors (Lipinski definition) is 5. The lowest BCUT2D eigenvalue weighted by Crippen LogP contribution is -2.49. The molecule has 0 unspecified atom stereocenters. The SMILES string of the molecule is CCOc1ccccc1N1CCN(C(=O)c2nn(-c3ccccc3)cc2OC)CC1. The van der Waals surface area contributed by atoms with Crippen molar-refractivity contribution in [2.45, 2.75) is 6.92 Å². The number of carbonyl (C=O) groups is 1. The van der Waals surface area contributed by atoms with Crippen LogP contribution in [0.4, 0.5) is 5.69 Å². The monoisotopic (exact) mass is 406 g/mol. The van der Waals surface area contributed by atoms with Crippen molar-refractivity contribution in [2.24, 2.45) is 0 Å². The molecule has 0 saturated carbocycles. The van der Waals surface area contributed by atoms with Crippen molar-refractivity contribution in [3.05, 3.63) is 66.5 Å². The molecule has 1 aliphatic rings. The highest BCUT2D eigenvalue weighted by atomic mass is 16.5. The Hall–Kier alpha value is -3.48. The number of nitrogens with zero attached hydrogens (tertiary/aromatic N) is 4. The van der Waals surface area contributed by atoms with E-state index in [1.54, 1.807) is 18.0 Å². The van der Waals surface area contributed by atoms with Gasteiger partial charge < -0.3 is 19.3 Å². The summed E-state index contributed by atoms with van der Waals surface area (Å²) in [6.07, 6.45) is 1.75. The van der Waals surface area contributed by atoms with Crippen LogP contribution < -0.4 is 14.4 Å². The number of methoxy groups -OCH3 is 1.